The zero-order chi connectivity index (χ0) is 10.9. The summed E-state index contributed by atoms with van der Waals surface area (Å²) in [5.41, 5.74) is -0.337. The number of hydrogen-bond acceptors (Lipinski definition) is 2. The molecule has 1 aliphatic rings. The van der Waals surface area contributed by atoms with Gasteiger partial charge in [-0.05, 0) is 34.1 Å². The van der Waals surface area contributed by atoms with E-state index in [1.807, 2.05) is 34.7 Å². The van der Waals surface area contributed by atoms with Gasteiger partial charge in [0.15, 0.2) is 0 Å². The summed E-state index contributed by atoms with van der Waals surface area (Å²) in [6, 6.07) is 0. The minimum atomic E-state index is -0.337. The molecule has 0 N–H and O–H groups in total. The Morgan fingerprint density at radius 2 is 2.07 bits per heavy atom. The van der Waals surface area contributed by atoms with Crippen LogP contribution in [0.4, 0.5) is 0 Å². The maximum absolute atomic E-state index is 11.8. The third-order valence-electron chi connectivity index (χ3n) is 2.81. The summed E-state index contributed by atoms with van der Waals surface area (Å²) in [5, 5.41) is 0. The van der Waals surface area contributed by atoms with Gasteiger partial charge in [-0.2, -0.15) is 0 Å². The van der Waals surface area contributed by atoms with Crippen molar-refractivity contribution in [3.05, 3.63) is 0 Å². The molecule has 1 amide bonds. The highest BCUT2D eigenvalue weighted by Gasteiger charge is 2.41. The lowest BCUT2D eigenvalue weighted by molar-refractivity contribution is -0.143. The summed E-state index contributed by atoms with van der Waals surface area (Å²) >= 11 is 0. The first-order valence-electron chi connectivity index (χ1n) is 5.27. The van der Waals surface area contributed by atoms with Gasteiger partial charge in [0, 0.05) is 13.6 Å². The lowest BCUT2D eigenvalue weighted by Gasteiger charge is -2.32. The van der Waals surface area contributed by atoms with Gasteiger partial charge >= 0.3 is 0 Å². The van der Waals surface area contributed by atoms with Crippen LogP contribution in [0, 0.1) is 5.92 Å². The van der Waals surface area contributed by atoms with Gasteiger partial charge in [0.25, 0.3) is 0 Å². The van der Waals surface area contributed by atoms with Crippen LogP contribution in [0.25, 0.3) is 0 Å². The van der Waals surface area contributed by atoms with Crippen molar-refractivity contribution in [2.45, 2.75) is 45.8 Å². The smallest absolute Gasteiger partial charge is 0.228 e. The lowest BCUT2D eigenvalue weighted by Crippen LogP contribution is -2.41. The number of likely N-dealkylation sites (tertiary alicyclic amines) is 1. The highest BCUT2D eigenvalue weighted by Crippen LogP contribution is 2.31. The van der Waals surface area contributed by atoms with E-state index in [9.17, 15) is 4.79 Å². The molecule has 1 saturated heterocycles. The van der Waals surface area contributed by atoms with Crippen LogP contribution in [0.3, 0.4) is 0 Å². The van der Waals surface area contributed by atoms with E-state index < -0.39 is 0 Å². The first-order valence-corrected chi connectivity index (χ1v) is 5.27. The molecule has 0 bridgehead atoms. The van der Waals surface area contributed by atoms with Crippen molar-refractivity contribution in [3.63, 3.8) is 0 Å². The number of nitrogens with zero attached hydrogens (tertiary/aromatic N) is 1. The number of carbonyl (C=O) groups excluding carboxylic acids is 1. The molecule has 0 radical (unpaired) electrons. The Labute approximate surface area is 86.4 Å². The maximum atomic E-state index is 11.8. The summed E-state index contributed by atoms with van der Waals surface area (Å²) in [6.45, 7) is 8.88. The molecule has 0 aliphatic carbocycles. The van der Waals surface area contributed by atoms with E-state index in [0.717, 1.165) is 13.0 Å². The van der Waals surface area contributed by atoms with E-state index in [1.54, 1.807) is 4.90 Å². The molecular weight excluding hydrogens is 178 g/mol. The van der Waals surface area contributed by atoms with Crippen LogP contribution in [0.5, 0.6) is 0 Å². The fraction of sp³-hybridized carbons (Fsp3) is 0.909. The largest absolute Gasteiger partial charge is 0.372 e. The van der Waals surface area contributed by atoms with Crippen molar-refractivity contribution in [2.24, 2.45) is 5.92 Å². The Morgan fingerprint density at radius 1 is 1.50 bits per heavy atom. The van der Waals surface area contributed by atoms with Crippen molar-refractivity contribution in [3.8, 4) is 0 Å². The van der Waals surface area contributed by atoms with Crippen LogP contribution in [0.15, 0.2) is 0 Å². The number of hydrogen-bond donors (Lipinski definition) is 0. The molecule has 0 aromatic heterocycles. The van der Waals surface area contributed by atoms with E-state index in [4.69, 9.17) is 4.74 Å². The highest BCUT2D eigenvalue weighted by molar-refractivity contribution is 5.81. The molecule has 0 saturated carbocycles. The molecule has 1 unspecified atom stereocenters. The van der Waals surface area contributed by atoms with E-state index in [2.05, 4.69) is 0 Å². The van der Waals surface area contributed by atoms with Crippen LogP contribution in [0.1, 0.15) is 34.1 Å². The maximum Gasteiger partial charge on any atom is 0.228 e. The summed E-state index contributed by atoms with van der Waals surface area (Å²) in [7, 11) is 1.85. The first-order chi connectivity index (χ1) is 6.34. The van der Waals surface area contributed by atoms with Crippen LogP contribution in [-0.4, -0.2) is 36.1 Å². The standard InChI is InChI=1S/C11H21NO2/c1-8(2)14-11(3,4)9-6-7-12(5)10(9)13/h8-9H,6-7H2,1-5H3. The molecule has 1 rings (SSSR count). The third-order valence-corrected chi connectivity index (χ3v) is 2.81. The molecule has 1 atom stereocenters. The molecule has 82 valence electrons. The van der Waals surface area contributed by atoms with Crippen LogP contribution in [0.2, 0.25) is 0 Å². The van der Waals surface area contributed by atoms with Crippen LogP contribution in [-0.2, 0) is 9.53 Å². The number of rotatable bonds is 3. The second-order valence-electron chi connectivity index (χ2n) is 4.87. The van der Waals surface area contributed by atoms with Gasteiger partial charge in [-0.25, -0.2) is 0 Å². The molecule has 1 heterocycles. The average Bonchev–Trinajstić information content (AvgIpc) is 2.30. The zero-order valence-electron chi connectivity index (χ0n) is 9.83. The molecule has 0 aromatic carbocycles. The number of ether oxygens (including phenoxy) is 1. The summed E-state index contributed by atoms with van der Waals surface area (Å²) in [5.74, 6) is 0.241. The summed E-state index contributed by atoms with van der Waals surface area (Å²) < 4.78 is 5.79. The Bertz CT molecular complexity index is 223. The van der Waals surface area contributed by atoms with Crippen LogP contribution >= 0.6 is 0 Å². The monoisotopic (exact) mass is 199 g/mol. The third kappa shape index (κ3) is 2.27. The van der Waals surface area contributed by atoms with Gasteiger partial charge in [-0.1, -0.05) is 0 Å². The molecule has 0 spiro atoms. The van der Waals surface area contributed by atoms with E-state index in [0.29, 0.717) is 0 Å². The molecule has 1 aliphatic heterocycles. The Hall–Kier alpha value is -0.570. The number of carbonyl (C=O) groups is 1. The Balaban J connectivity index is 2.68. The van der Waals surface area contributed by atoms with Crippen molar-refractivity contribution in [1.82, 2.24) is 4.90 Å². The molecule has 1 fully saturated rings. The Kier molecular flexibility index (Phi) is 3.20. The van der Waals surface area contributed by atoms with E-state index >= 15 is 0 Å². The fourth-order valence-electron chi connectivity index (χ4n) is 2.16. The quantitative estimate of drug-likeness (QED) is 0.692. The number of amides is 1. The van der Waals surface area contributed by atoms with E-state index in [1.165, 1.54) is 0 Å². The summed E-state index contributed by atoms with van der Waals surface area (Å²) in [4.78, 5) is 13.6. The minimum Gasteiger partial charge on any atom is -0.372 e. The van der Waals surface area contributed by atoms with Crippen molar-refractivity contribution in [1.29, 1.82) is 0 Å². The molecular formula is C11H21NO2. The first kappa shape index (κ1) is 11.5. The molecule has 14 heavy (non-hydrogen) atoms. The Morgan fingerprint density at radius 3 is 2.43 bits per heavy atom. The second-order valence-corrected chi connectivity index (χ2v) is 4.87. The van der Waals surface area contributed by atoms with E-state index in [-0.39, 0.29) is 23.5 Å². The lowest BCUT2D eigenvalue weighted by atomic mass is 9.89. The minimum absolute atomic E-state index is 0.0231. The van der Waals surface area contributed by atoms with Gasteiger partial charge in [0.05, 0.1) is 17.6 Å². The van der Waals surface area contributed by atoms with Gasteiger partial charge < -0.3 is 9.64 Å². The van der Waals surface area contributed by atoms with Crippen molar-refractivity contribution in [2.75, 3.05) is 13.6 Å². The highest BCUT2D eigenvalue weighted by atomic mass is 16.5. The molecule has 3 heteroatoms. The molecule has 0 aromatic rings. The fourth-order valence-corrected chi connectivity index (χ4v) is 2.16. The molecule has 3 nitrogen and oxygen atoms in total. The summed E-state index contributed by atoms with van der Waals surface area (Å²) in [6.07, 6.45) is 1.08. The second kappa shape index (κ2) is 3.89. The normalized spacial score (nSPS) is 23.7. The van der Waals surface area contributed by atoms with Gasteiger partial charge in [-0.3, -0.25) is 4.79 Å². The van der Waals surface area contributed by atoms with Crippen molar-refractivity contribution >= 4 is 5.91 Å². The predicted molar refractivity (Wildman–Crippen MR) is 56.0 cm³/mol. The zero-order valence-corrected chi connectivity index (χ0v) is 9.83. The van der Waals surface area contributed by atoms with Gasteiger partial charge in [0.2, 0.25) is 5.91 Å². The predicted octanol–water partition coefficient (Wildman–Crippen LogP) is 1.67. The van der Waals surface area contributed by atoms with Crippen LogP contribution < -0.4 is 0 Å². The van der Waals surface area contributed by atoms with Crippen molar-refractivity contribution < 1.29 is 9.53 Å². The average molecular weight is 199 g/mol. The topological polar surface area (TPSA) is 29.5 Å². The van der Waals surface area contributed by atoms with Gasteiger partial charge in [0.1, 0.15) is 0 Å². The van der Waals surface area contributed by atoms with Gasteiger partial charge in [-0.15, -0.1) is 0 Å². The SMILES string of the molecule is CC(C)OC(C)(C)C1CCN(C)C1=O.